The van der Waals surface area contributed by atoms with Crippen LogP contribution in [0.15, 0.2) is 50.8 Å². The standard InChI is InChI=1S/C15H11Br2N3O2S/c16-12-6-5-9(10-3-1-2-4-11(10)12)7-20-14(17)18-19-15(20)23-8-13(21)22/h1-6H,7-8H2,(H,21,22)/p-1. The number of rotatable bonds is 5. The van der Waals surface area contributed by atoms with Crippen molar-refractivity contribution >= 4 is 60.4 Å². The molecule has 0 radical (unpaired) electrons. The molecule has 0 saturated carbocycles. The first-order valence-corrected chi connectivity index (χ1v) is 9.21. The third kappa shape index (κ3) is 3.59. The molecular formula is C15H10Br2N3O2S-. The van der Waals surface area contributed by atoms with Gasteiger partial charge in [-0.05, 0) is 38.3 Å². The molecule has 118 valence electrons. The van der Waals surface area contributed by atoms with Crippen LogP contribution >= 0.6 is 43.6 Å². The van der Waals surface area contributed by atoms with Crippen molar-refractivity contribution in [3.63, 3.8) is 0 Å². The second-order valence-electron chi connectivity index (χ2n) is 4.75. The lowest BCUT2D eigenvalue weighted by atomic mass is 10.0. The Morgan fingerprint density at radius 2 is 1.87 bits per heavy atom. The van der Waals surface area contributed by atoms with Gasteiger partial charge in [0.15, 0.2) is 5.16 Å². The number of nitrogens with zero attached hydrogens (tertiary/aromatic N) is 3. The molecule has 0 unspecified atom stereocenters. The molecule has 1 aromatic heterocycles. The highest BCUT2D eigenvalue weighted by Crippen LogP contribution is 2.29. The number of hydrogen-bond acceptors (Lipinski definition) is 5. The van der Waals surface area contributed by atoms with E-state index in [-0.39, 0.29) is 5.75 Å². The number of carbonyl (C=O) groups excluding carboxylic acids is 1. The first-order chi connectivity index (χ1) is 11.1. The van der Waals surface area contributed by atoms with Crippen LogP contribution in [-0.2, 0) is 11.3 Å². The molecule has 0 N–H and O–H groups in total. The highest BCUT2D eigenvalue weighted by atomic mass is 79.9. The summed E-state index contributed by atoms with van der Waals surface area (Å²) in [4.78, 5) is 10.7. The van der Waals surface area contributed by atoms with E-state index in [4.69, 9.17) is 0 Å². The topological polar surface area (TPSA) is 70.8 Å². The number of hydrogen-bond donors (Lipinski definition) is 0. The quantitative estimate of drug-likeness (QED) is 0.553. The molecule has 8 heteroatoms. The van der Waals surface area contributed by atoms with Gasteiger partial charge in [-0.15, -0.1) is 10.2 Å². The molecular weight excluding hydrogens is 446 g/mol. The Kier molecular flexibility index (Phi) is 5.03. The Labute approximate surface area is 153 Å². The maximum absolute atomic E-state index is 10.7. The van der Waals surface area contributed by atoms with E-state index in [9.17, 15) is 9.90 Å². The number of thioether (sulfide) groups is 1. The number of fused-ring (bicyclic) bond motifs is 1. The normalized spacial score (nSPS) is 11.0. The first kappa shape index (κ1) is 16.5. The van der Waals surface area contributed by atoms with Crippen molar-refractivity contribution < 1.29 is 9.90 Å². The molecule has 0 aliphatic heterocycles. The summed E-state index contributed by atoms with van der Waals surface area (Å²) < 4.78 is 3.43. The van der Waals surface area contributed by atoms with Crippen LogP contribution < -0.4 is 5.11 Å². The fraction of sp³-hybridized carbons (Fsp3) is 0.133. The van der Waals surface area contributed by atoms with Crippen LogP contribution in [0.1, 0.15) is 5.56 Å². The molecule has 3 aromatic rings. The van der Waals surface area contributed by atoms with Crippen LogP contribution in [-0.4, -0.2) is 26.5 Å². The Balaban J connectivity index is 1.98. The number of carboxylic acid groups (broad SMARTS) is 1. The van der Waals surface area contributed by atoms with Crippen LogP contribution in [0.3, 0.4) is 0 Å². The Morgan fingerprint density at radius 3 is 2.61 bits per heavy atom. The Morgan fingerprint density at radius 1 is 1.13 bits per heavy atom. The third-order valence-electron chi connectivity index (χ3n) is 3.28. The summed E-state index contributed by atoms with van der Waals surface area (Å²) >= 11 is 8.02. The molecule has 0 fully saturated rings. The first-order valence-electron chi connectivity index (χ1n) is 6.63. The number of carbonyl (C=O) groups is 1. The van der Waals surface area contributed by atoms with E-state index >= 15 is 0 Å². The van der Waals surface area contributed by atoms with Gasteiger partial charge in [0.05, 0.1) is 12.5 Å². The highest BCUT2D eigenvalue weighted by Gasteiger charge is 2.13. The van der Waals surface area contributed by atoms with Crippen molar-refractivity contribution in [2.75, 3.05) is 5.75 Å². The number of benzene rings is 2. The average molecular weight is 456 g/mol. The fourth-order valence-corrected chi connectivity index (χ4v) is 3.89. The van der Waals surface area contributed by atoms with Gasteiger partial charge in [-0.25, -0.2) is 0 Å². The summed E-state index contributed by atoms with van der Waals surface area (Å²) in [5, 5.41) is 21.4. The van der Waals surface area contributed by atoms with Crippen molar-refractivity contribution in [3.05, 3.63) is 51.2 Å². The summed E-state index contributed by atoms with van der Waals surface area (Å²) in [7, 11) is 0. The smallest absolute Gasteiger partial charge is 0.201 e. The average Bonchev–Trinajstić information content (AvgIpc) is 2.89. The lowest BCUT2D eigenvalue weighted by molar-refractivity contribution is -0.301. The minimum atomic E-state index is -1.13. The van der Waals surface area contributed by atoms with Crippen molar-refractivity contribution in [3.8, 4) is 0 Å². The molecule has 23 heavy (non-hydrogen) atoms. The predicted molar refractivity (Wildman–Crippen MR) is 94.2 cm³/mol. The maximum atomic E-state index is 10.7. The minimum Gasteiger partial charge on any atom is -0.549 e. The number of carboxylic acids is 1. The number of halogens is 2. The van der Waals surface area contributed by atoms with E-state index in [0.29, 0.717) is 16.4 Å². The molecule has 0 atom stereocenters. The van der Waals surface area contributed by atoms with Crippen molar-refractivity contribution in [2.45, 2.75) is 11.7 Å². The number of aliphatic carboxylic acids is 1. The van der Waals surface area contributed by atoms with Crippen LogP contribution in [0.4, 0.5) is 0 Å². The molecule has 0 aliphatic carbocycles. The molecule has 0 amide bonds. The molecule has 0 aliphatic rings. The summed E-state index contributed by atoms with van der Waals surface area (Å²) in [6, 6.07) is 12.1. The van der Waals surface area contributed by atoms with Crippen molar-refractivity contribution in [1.82, 2.24) is 14.8 Å². The highest BCUT2D eigenvalue weighted by molar-refractivity contribution is 9.10. The Bertz CT molecular complexity index is 882. The van der Waals surface area contributed by atoms with Gasteiger partial charge in [-0.2, -0.15) is 0 Å². The summed E-state index contributed by atoms with van der Waals surface area (Å²) in [6.45, 7) is 0.538. The summed E-state index contributed by atoms with van der Waals surface area (Å²) in [5.41, 5.74) is 1.10. The van der Waals surface area contributed by atoms with E-state index in [2.05, 4.69) is 54.2 Å². The van der Waals surface area contributed by atoms with Gasteiger partial charge < -0.3 is 9.90 Å². The zero-order valence-electron chi connectivity index (χ0n) is 11.7. The SMILES string of the molecule is O=C([O-])CSc1nnc(Br)n1Cc1ccc(Br)c2ccccc12. The third-order valence-corrected chi connectivity index (χ3v) is 5.50. The van der Waals surface area contributed by atoms with Gasteiger partial charge in [0.2, 0.25) is 4.73 Å². The van der Waals surface area contributed by atoms with Crippen LogP contribution in [0.5, 0.6) is 0 Å². The molecule has 0 bridgehead atoms. The monoisotopic (exact) mass is 454 g/mol. The lowest BCUT2D eigenvalue weighted by Crippen LogP contribution is -2.24. The molecule has 0 saturated heterocycles. The zero-order valence-corrected chi connectivity index (χ0v) is 15.7. The molecule has 0 spiro atoms. The van der Waals surface area contributed by atoms with Crippen molar-refractivity contribution in [1.29, 1.82) is 0 Å². The summed E-state index contributed by atoms with van der Waals surface area (Å²) in [5.74, 6) is -1.29. The van der Waals surface area contributed by atoms with Crippen LogP contribution in [0, 0.1) is 0 Å². The van der Waals surface area contributed by atoms with E-state index in [1.807, 2.05) is 28.8 Å². The van der Waals surface area contributed by atoms with Gasteiger partial charge in [0.1, 0.15) is 0 Å². The van der Waals surface area contributed by atoms with E-state index < -0.39 is 5.97 Å². The van der Waals surface area contributed by atoms with Gasteiger partial charge in [-0.1, -0.05) is 58.0 Å². The maximum Gasteiger partial charge on any atom is 0.201 e. The van der Waals surface area contributed by atoms with Gasteiger partial charge in [0, 0.05) is 10.2 Å². The Hall–Kier alpha value is -1.38. The molecule has 1 heterocycles. The van der Waals surface area contributed by atoms with E-state index in [0.717, 1.165) is 32.6 Å². The van der Waals surface area contributed by atoms with Gasteiger partial charge >= 0.3 is 0 Å². The van der Waals surface area contributed by atoms with Gasteiger partial charge in [0.25, 0.3) is 0 Å². The van der Waals surface area contributed by atoms with Gasteiger partial charge in [-0.3, -0.25) is 4.57 Å². The molecule has 3 rings (SSSR count). The van der Waals surface area contributed by atoms with E-state index in [1.165, 1.54) is 0 Å². The zero-order chi connectivity index (χ0) is 16.4. The second kappa shape index (κ2) is 7.02. The predicted octanol–water partition coefficient (Wildman–Crippen LogP) is 2.85. The van der Waals surface area contributed by atoms with E-state index in [1.54, 1.807) is 0 Å². The minimum absolute atomic E-state index is 0.160. The molecule has 2 aromatic carbocycles. The summed E-state index contributed by atoms with van der Waals surface area (Å²) in [6.07, 6.45) is 0. The lowest BCUT2D eigenvalue weighted by Gasteiger charge is -2.11. The fourth-order valence-electron chi connectivity index (χ4n) is 2.27. The largest absolute Gasteiger partial charge is 0.549 e. The van der Waals surface area contributed by atoms with Crippen molar-refractivity contribution in [2.24, 2.45) is 0 Å². The van der Waals surface area contributed by atoms with Crippen LogP contribution in [0.2, 0.25) is 0 Å². The second-order valence-corrected chi connectivity index (χ2v) is 7.26. The number of aromatic nitrogens is 3. The molecule has 5 nitrogen and oxygen atoms in total. The van der Waals surface area contributed by atoms with Crippen LogP contribution in [0.25, 0.3) is 10.8 Å².